The Labute approximate surface area is 115 Å². The molecule has 0 aromatic heterocycles. The average Bonchev–Trinajstić information content (AvgIpc) is 2.35. The standard InChI is InChI=1S/C16H34N2/c1-6-15-12-17-16(5,7-2)13-18(15)11-9-8-10-14(3)4/h14-15,17H,6-13H2,1-5H3. The number of nitrogens with zero attached hydrogens (tertiary/aromatic N) is 1. The van der Waals surface area contributed by atoms with Gasteiger partial charge in [0.2, 0.25) is 0 Å². The van der Waals surface area contributed by atoms with E-state index >= 15 is 0 Å². The second kappa shape index (κ2) is 7.49. The smallest absolute Gasteiger partial charge is 0.0278 e. The highest BCUT2D eigenvalue weighted by atomic mass is 15.2. The van der Waals surface area contributed by atoms with Crippen molar-refractivity contribution >= 4 is 0 Å². The first-order chi connectivity index (χ1) is 8.50. The quantitative estimate of drug-likeness (QED) is 0.697. The van der Waals surface area contributed by atoms with E-state index in [1.807, 2.05) is 0 Å². The Morgan fingerprint density at radius 2 is 2.00 bits per heavy atom. The van der Waals surface area contributed by atoms with E-state index < -0.39 is 0 Å². The van der Waals surface area contributed by atoms with Crippen molar-refractivity contribution in [1.82, 2.24) is 10.2 Å². The maximum absolute atomic E-state index is 3.74. The minimum atomic E-state index is 0.337. The summed E-state index contributed by atoms with van der Waals surface area (Å²) < 4.78 is 0. The fraction of sp³-hybridized carbons (Fsp3) is 1.00. The van der Waals surface area contributed by atoms with Crippen LogP contribution in [0.4, 0.5) is 0 Å². The molecule has 2 atom stereocenters. The monoisotopic (exact) mass is 254 g/mol. The summed E-state index contributed by atoms with van der Waals surface area (Å²) in [5, 5.41) is 3.74. The van der Waals surface area contributed by atoms with Gasteiger partial charge in [0.25, 0.3) is 0 Å². The Morgan fingerprint density at radius 1 is 1.28 bits per heavy atom. The fourth-order valence-electron chi connectivity index (χ4n) is 2.90. The number of hydrogen-bond acceptors (Lipinski definition) is 2. The van der Waals surface area contributed by atoms with Crippen molar-refractivity contribution in [3.8, 4) is 0 Å². The lowest BCUT2D eigenvalue weighted by Gasteiger charge is -2.46. The lowest BCUT2D eigenvalue weighted by Crippen LogP contribution is -2.62. The predicted octanol–water partition coefficient (Wildman–Crippen LogP) is 3.67. The van der Waals surface area contributed by atoms with Gasteiger partial charge in [0.05, 0.1) is 0 Å². The summed E-state index contributed by atoms with van der Waals surface area (Å²) in [6, 6.07) is 0.753. The Balaban J connectivity index is 2.38. The van der Waals surface area contributed by atoms with E-state index in [4.69, 9.17) is 0 Å². The molecule has 1 N–H and O–H groups in total. The molecule has 0 aliphatic carbocycles. The van der Waals surface area contributed by atoms with E-state index in [9.17, 15) is 0 Å². The first-order valence-corrected chi connectivity index (χ1v) is 7.99. The molecule has 1 aliphatic heterocycles. The van der Waals surface area contributed by atoms with E-state index in [1.54, 1.807) is 0 Å². The largest absolute Gasteiger partial charge is 0.309 e. The zero-order valence-corrected chi connectivity index (χ0v) is 13.3. The first kappa shape index (κ1) is 16.0. The van der Waals surface area contributed by atoms with Crippen molar-refractivity contribution in [2.45, 2.75) is 78.3 Å². The minimum absolute atomic E-state index is 0.337. The number of hydrogen-bond donors (Lipinski definition) is 1. The maximum atomic E-state index is 3.74. The van der Waals surface area contributed by atoms with E-state index in [1.165, 1.54) is 51.7 Å². The Morgan fingerprint density at radius 3 is 2.56 bits per heavy atom. The van der Waals surface area contributed by atoms with Gasteiger partial charge < -0.3 is 5.32 Å². The highest BCUT2D eigenvalue weighted by Gasteiger charge is 2.33. The molecule has 0 amide bonds. The summed E-state index contributed by atoms with van der Waals surface area (Å²) in [6.07, 6.45) is 6.65. The third-order valence-electron chi connectivity index (χ3n) is 4.56. The Bertz CT molecular complexity index is 227. The third-order valence-corrected chi connectivity index (χ3v) is 4.56. The molecule has 1 heterocycles. The summed E-state index contributed by atoms with van der Waals surface area (Å²) in [6.45, 7) is 15.3. The molecule has 1 rings (SSSR count). The molecule has 2 nitrogen and oxygen atoms in total. The normalized spacial score (nSPS) is 30.0. The second-order valence-electron chi connectivity index (χ2n) is 6.72. The van der Waals surface area contributed by atoms with Gasteiger partial charge in [-0.2, -0.15) is 0 Å². The molecule has 0 saturated carbocycles. The zero-order chi connectivity index (χ0) is 13.6. The van der Waals surface area contributed by atoms with Crippen LogP contribution in [0.2, 0.25) is 0 Å². The van der Waals surface area contributed by atoms with Crippen LogP contribution in [0.1, 0.15) is 66.7 Å². The summed E-state index contributed by atoms with van der Waals surface area (Å²) in [4.78, 5) is 2.74. The van der Waals surface area contributed by atoms with Crippen molar-refractivity contribution in [3.05, 3.63) is 0 Å². The first-order valence-electron chi connectivity index (χ1n) is 7.99. The number of unbranched alkanes of at least 4 members (excludes halogenated alkanes) is 1. The predicted molar refractivity (Wildman–Crippen MR) is 81.0 cm³/mol. The Hall–Kier alpha value is -0.0800. The van der Waals surface area contributed by atoms with Gasteiger partial charge in [-0.05, 0) is 38.6 Å². The van der Waals surface area contributed by atoms with E-state index in [-0.39, 0.29) is 0 Å². The molecule has 0 spiro atoms. The van der Waals surface area contributed by atoms with Gasteiger partial charge in [0.15, 0.2) is 0 Å². The lowest BCUT2D eigenvalue weighted by atomic mass is 9.92. The molecule has 0 aromatic rings. The molecule has 2 unspecified atom stereocenters. The van der Waals surface area contributed by atoms with Gasteiger partial charge in [0, 0.05) is 24.7 Å². The van der Waals surface area contributed by atoms with Crippen LogP contribution >= 0.6 is 0 Å². The van der Waals surface area contributed by atoms with Crippen molar-refractivity contribution in [2.75, 3.05) is 19.6 Å². The summed E-state index contributed by atoms with van der Waals surface area (Å²) in [5.74, 6) is 0.857. The molecule has 0 aromatic carbocycles. The van der Waals surface area contributed by atoms with Crippen LogP contribution in [0, 0.1) is 5.92 Å². The third kappa shape index (κ3) is 4.89. The molecule has 0 bridgehead atoms. The lowest BCUT2D eigenvalue weighted by molar-refractivity contribution is 0.0802. The van der Waals surface area contributed by atoms with Crippen molar-refractivity contribution < 1.29 is 0 Å². The van der Waals surface area contributed by atoms with Crippen LogP contribution < -0.4 is 5.32 Å². The number of nitrogens with one attached hydrogen (secondary N) is 1. The molecule has 1 saturated heterocycles. The van der Waals surface area contributed by atoms with Gasteiger partial charge >= 0.3 is 0 Å². The van der Waals surface area contributed by atoms with E-state index in [0.717, 1.165) is 12.0 Å². The van der Waals surface area contributed by atoms with Crippen LogP contribution in [0.25, 0.3) is 0 Å². The van der Waals surface area contributed by atoms with Crippen LogP contribution in [0.15, 0.2) is 0 Å². The van der Waals surface area contributed by atoms with Crippen LogP contribution in [0.3, 0.4) is 0 Å². The summed E-state index contributed by atoms with van der Waals surface area (Å²) >= 11 is 0. The van der Waals surface area contributed by atoms with Crippen molar-refractivity contribution in [1.29, 1.82) is 0 Å². The highest BCUT2D eigenvalue weighted by Crippen LogP contribution is 2.21. The molecule has 1 fully saturated rings. The SMILES string of the molecule is CCC1CNC(C)(CC)CN1CCCCC(C)C. The highest BCUT2D eigenvalue weighted by molar-refractivity contribution is 4.93. The van der Waals surface area contributed by atoms with Crippen molar-refractivity contribution in [3.63, 3.8) is 0 Å². The maximum Gasteiger partial charge on any atom is 0.0278 e. The van der Waals surface area contributed by atoms with Gasteiger partial charge in [-0.1, -0.05) is 40.5 Å². The van der Waals surface area contributed by atoms with Gasteiger partial charge in [-0.25, -0.2) is 0 Å². The van der Waals surface area contributed by atoms with Crippen LogP contribution in [-0.4, -0.2) is 36.1 Å². The molecule has 108 valence electrons. The van der Waals surface area contributed by atoms with Gasteiger partial charge in [0.1, 0.15) is 0 Å². The van der Waals surface area contributed by atoms with Gasteiger partial charge in [-0.3, -0.25) is 4.90 Å². The van der Waals surface area contributed by atoms with Crippen LogP contribution in [0.5, 0.6) is 0 Å². The topological polar surface area (TPSA) is 15.3 Å². The van der Waals surface area contributed by atoms with Gasteiger partial charge in [-0.15, -0.1) is 0 Å². The van der Waals surface area contributed by atoms with Crippen LogP contribution in [-0.2, 0) is 0 Å². The molecule has 18 heavy (non-hydrogen) atoms. The zero-order valence-electron chi connectivity index (χ0n) is 13.3. The summed E-state index contributed by atoms with van der Waals surface area (Å²) in [7, 11) is 0. The molecule has 2 heteroatoms. The number of piperazine rings is 1. The van der Waals surface area contributed by atoms with Crippen molar-refractivity contribution in [2.24, 2.45) is 5.92 Å². The summed E-state index contributed by atoms with van der Waals surface area (Å²) in [5.41, 5.74) is 0.337. The van der Waals surface area contributed by atoms with E-state index in [0.29, 0.717) is 5.54 Å². The minimum Gasteiger partial charge on any atom is -0.309 e. The molecule has 0 radical (unpaired) electrons. The number of rotatable bonds is 7. The Kier molecular flexibility index (Phi) is 6.65. The molecular formula is C16H34N2. The molecular weight excluding hydrogens is 220 g/mol. The second-order valence-corrected chi connectivity index (χ2v) is 6.72. The fourth-order valence-corrected chi connectivity index (χ4v) is 2.90. The molecule has 1 aliphatic rings. The van der Waals surface area contributed by atoms with E-state index in [2.05, 4.69) is 44.8 Å². The average molecular weight is 254 g/mol.